The quantitative estimate of drug-likeness (QED) is 0.703. The van der Waals surface area contributed by atoms with E-state index in [0.29, 0.717) is 12.5 Å². The molecule has 18 heavy (non-hydrogen) atoms. The Morgan fingerprint density at radius 2 is 2.17 bits per heavy atom. The maximum absolute atomic E-state index is 11.2. The van der Waals surface area contributed by atoms with Crippen LogP contribution in [-0.2, 0) is 9.53 Å². The van der Waals surface area contributed by atoms with Crippen LogP contribution in [0.15, 0.2) is 0 Å². The predicted molar refractivity (Wildman–Crippen MR) is 73.6 cm³/mol. The molecular formula is C14H28N2O2. The third-order valence-electron chi connectivity index (χ3n) is 3.73. The maximum atomic E-state index is 11.2. The molecule has 2 atom stereocenters. The van der Waals surface area contributed by atoms with E-state index in [4.69, 9.17) is 4.74 Å². The number of nitrogens with zero attached hydrogens (tertiary/aromatic N) is 1. The first-order chi connectivity index (χ1) is 8.69. The van der Waals surface area contributed by atoms with Crippen LogP contribution in [0.25, 0.3) is 0 Å². The van der Waals surface area contributed by atoms with Gasteiger partial charge in [0.05, 0.1) is 13.5 Å². The number of carbonyl (C=O) groups is 1. The SMILES string of the molecule is CCCNC1CC(CC)CN(CCC(=O)OC)C1. The van der Waals surface area contributed by atoms with E-state index in [1.54, 1.807) is 0 Å². The van der Waals surface area contributed by atoms with Gasteiger partial charge in [0.15, 0.2) is 0 Å². The summed E-state index contributed by atoms with van der Waals surface area (Å²) in [5.74, 6) is 0.650. The van der Waals surface area contributed by atoms with Crippen molar-refractivity contribution >= 4 is 5.97 Å². The second-order valence-electron chi connectivity index (χ2n) is 5.25. The van der Waals surface area contributed by atoms with Gasteiger partial charge in [-0.05, 0) is 25.3 Å². The minimum Gasteiger partial charge on any atom is -0.469 e. The molecule has 1 fully saturated rings. The first-order valence-electron chi connectivity index (χ1n) is 7.22. The van der Waals surface area contributed by atoms with Gasteiger partial charge in [-0.25, -0.2) is 0 Å². The topological polar surface area (TPSA) is 41.6 Å². The standard InChI is InChI=1S/C14H28N2O2/c1-4-7-15-13-9-12(5-2)10-16(11-13)8-6-14(17)18-3/h12-13,15H,4-11H2,1-3H3. The summed E-state index contributed by atoms with van der Waals surface area (Å²) in [4.78, 5) is 13.6. The molecule has 0 aromatic carbocycles. The molecule has 0 saturated carbocycles. The third-order valence-corrected chi connectivity index (χ3v) is 3.73. The fourth-order valence-electron chi connectivity index (χ4n) is 2.63. The van der Waals surface area contributed by atoms with Gasteiger partial charge in [0.1, 0.15) is 0 Å². The average molecular weight is 256 g/mol. The minimum atomic E-state index is -0.105. The Bertz CT molecular complexity index is 246. The number of methoxy groups -OCH3 is 1. The third kappa shape index (κ3) is 5.36. The molecule has 1 rings (SSSR count). The normalized spacial score (nSPS) is 25.1. The Hall–Kier alpha value is -0.610. The van der Waals surface area contributed by atoms with Gasteiger partial charge < -0.3 is 15.0 Å². The molecule has 4 nitrogen and oxygen atoms in total. The van der Waals surface area contributed by atoms with E-state index >= 15 is 0 Å². The number of ether oxygens (including phenoxy) is 1. The van der Waals surface area contributed by atoms with Crippen LogP contribution in [0, 0.1) is 5.92 Å². The summed E-state index contributed by atoms with van der Waals surface area (Å²) < 4.78 is 4.70. The summed E-state index contributed by atoms with van der Waals surface area (Å²) in [6, 6.07) is 0.585. The minimum absolute atomic E-state index is 0.105. The Morgan fingerprint density at radius 1 is 1.39 bits per heavy atom. The number of hydrogen-bond acceptors (Lipinski definition) is 4. The molecule has 1 heterocycles. The molecule has 0 spiro atoms. The Labute approximate surface area is 111 Å². The van der Waals surface area contributed by atoms with Crippen molar-refractivity contribution in [2.45, 2.75) is 45.6 Å². The van der Waals surface area contributed by atoms with Crippen molar-refractivity contribution in [3.63, 3.8) is 0 Å². The lowest BCUT2D eigenvalue weighted by molar-refractivity contribution is -0.141. The fourth-order valence-corrected chi connectivity index (χ4v) is 2.63. The molecule has 0 bridgehead atoms. The highest BCUT2D eigenvalue weighted by molar-refractivity contribution is 5.69. The van der Waals surface area contributed by atoms with Crippen molar-refractivity contribution in [1.82, 2.24) is 10.2 Å². The van der Waals surface area contributed by atoms with Gasteiger partial charge in [-0.15, -0.1) is 0 Å². The highest BCUT2D eigenvalue weighted by atomic mass is 16.5. The molecule has 0 amide bonds. The van der Waals surface area contributed by atoms with Crippen molar-refractivity contribution in [3.8, 4) is 0 Å². The molecule has 1 N–H and O–H groups in total. The number of likely N-dealkylation sites (tertiary alicyclic amines) is 1. The molecule has 1 aliphatic heterocycles. The van der Waals surface area contributed by atoms with Crippen LogP contribution in [0.2, 0.25) is 0 Å². The first-order valence-corrected chi connectivity index (χ1v) is 7.22. The van der Waals surface area contributed by atoms with E-state index in [9.17, 15) is 4.79 Å². The highest BCUT2D eigenvalue weighted by Gasteiger charge is 2.25. The van der Waals surface area contributed by atoms with Crippen molar-refractivity contribution in [2.75, 3.05) is 33.3 Å². The maximum Gasteiger partial charge on any atom is 0.306 e. The summed E-state index contributed by atoms with van der Waals surface area (Å²) in [7, 11) is 1.46. The lowest BCUT2D eigenvalue weighted by Gasteiger charge is -2.37. The molecule has 0 aromatic rings. The van der Waals surface area contributed by atoms with Crippen molar-refractivity contribution in [2.24, 2.45) is 5.92 Å². The van der Waals surface area contributed by atoms with Crippen molar-refractivity contribution in [3.05, 3.63) is 0 Å². The first kappa shape index (κ1) is 15.4. The van der Waals surface area contributed by atoms with Crippen LogP contribution in [0.3, 0.4) is 0 Å². The summed E-state index contributed by atoms with van der Waals surface area (Å²) >= 11 is 0. The van der Waals surface area contributed by atoms with Crippen LogP contribution in [0.5, 0.6) is 0 Å². The number of hydrogen-bond donors (Lipinski definition) is 1. The molecule has 1 saturated heterocycles. The van der Waals surface area contributed by atoms with E-state index in [1.165, 1.54) is 26.4 Å². The molecule has 106 valence electrons. The van der Waals surface area contributed by atoms with Crippen LogP contribution in [-0.4, -0.2) is 50.2 Å². The number of piperidine rings is 1. The van der Waals surface area contributed by atoms with E-state index in [2.05, 4.69) is 24.1 Å². The van der Waals surface area contributed by atoms with Crippen molar-refractivity contribution < 1.29 is 9.53 Å². The summed E-state index contributed by atoms with van der Waals surface area (Å²) in [6.07, 6.45) is 4.17. The van der Waals surface area contributed by atoms with E-state index < -0.39 is 0 Å². The Kier molecular flexibility index (Phi) is 7.28. The number of rotatable bonds is 7. The van der Waals surface area contributed by atoms with Gasteiger partial charge in [-0.1, -0.05) is 20.3 Å². The lowest BCUT2D eigenvalue weighted by atomic mass is 9.92. The Morgan fingerprint density at radius 3 is 2.78 bits per heavy atom. The predicted octanol–water partition coefficient (Wildman–Crippen LogP) is 1.65. The van der Waals surface area contributed by atoms with Crippen molar-refractivity contribution in [1.29, 1.82) is 0 Å². The molecule has 2 unspecified atom stereocenters. The number of esters is 1. The van der Waals surface area contributed by atoms with Gasteiger partial charge in [0.25, 0.3) is 0 Å². The van der Waals surface area contributed by atoms with Gasteiger partial charge in [0, 0.05) is 25.7 Å². The molecule has 0 aliphatic carbocycles. The smallest absolute Gasteiger partial charge is 0.306 e. The zero-order valence-electron chi connectivity index (χ0n) is 12.1. The second-order valence-corrected chi connectivity index (χ2v) is 5.25. The van der Waals surface area contributed by atoms with Crippen LogP contribution in [0.4, 0.5) is 0 Å². The van der Waals surface area contributed by atoms with Crippen LogP contribution in [0.1, 0.15) is 39.5 Å². The lowest BCUT2D eigenvalue weighted by Crippen LogP contribution is -2.49. The largest absolute Gasteiger partial charge is 0.469 e. The summed E-state index contributed by atoms with van der Waals surface area (Å²) in [5, 5.41) is 3.61. The zero-order valence-corrected chi connectivity index (χ0v) is 12.1. The molecular weight excluding hydrogens is 228 g/mol. The zero-order chi connectivity index (χ0) is 13.4. The van der Waals surface area contributed by atoms with Crippen LogP contribution < -0.4 is 5.32 Å². The van der Waals surface area contributed by atoms with Gasteiger partial charge in [-0.2, -0.15) is 0 Å². The van der Waals surface area contributed by atoms with E-state index in [-0.39, 0.29) is 5.97 Å². The fraction of sp³-hybridized carbons (Fsp3) is 0.929. The van der Waals surface area contributed by atoms with E-state index in [0.717, 1.165) is 32.1 Å². The van der Waals surface area contributed by atoms with Crippen LogP contribution >= 0.6 is 0 Å². The monoisotopic (exact) mass is 256 g/mol. The van der Waals surface area contributed by atoms with Gasteiger partial charge >= 0.3 is 5.97 Å². The van der Waals surface area contributed by atoms with Gasteiger partial charge in [-0.3, -0.25) is 4.79 Å². The molecule has 0 aromatic heterocycles. The second kappa shape index (κ2) is 8.48. The molecule has 4 heteroatoms. The highest BCUT2D eigenvalue weighted by Crippen LogP contribution is 2.20. The number of carbonyl (C=O) groups excluding carboxylic acids is 1. The summed E-state index contributed by atoms with van der Waals surface area (Å²) in [6.45, 7) is 8.55. The van der Waals surface area contributed by atoms with Gasteiger partial charge in [0.2, 0.25) is 0 Å². The molecule has 1 aliphatic rings. The number of nitrogens with one attached hydrogen (secondary N) is 1. The Balaban J connectivity index is 2.38. The average Bonchev–Trinajstić information content (AvgIpc) is 2.42. The van der Waals surface area contributed by atoms with E-state index in [1.807, 2.05) is 0 Å². The molecule has 0 radical (unpaired) electrons. The summed E-state index contributed by atoms with van der Waals surface area (Å²) in [5.41, 5.74) is 0.